The summed E-state index contributed by atoms with van der Waals surface area (Å²) in [6.45, 7) is 3.45. The summed E-state index contributed by atoms with van der Waals surface area (Å²) in [5, 5.41) is 27.8. The van der Waals surface area contributed by atoms with E-state index >= 15 is 0 Å². The maximum Gasteiger partial charge on any atom is 0.163 e. The Bertz CT molecular complexity index is 532. The van der Waals surface area contributed by atoms with Crippen LogP contribution in [0.2, 0.25) is 0 Å². The lowest BCUT2D eigenvalue weighted by molar-refractivity contribution is 0.101. The summed E-state index contributed by atoms with van der Waals surface area (Å²) in [5.41, 5.74) is 0.913. The Morgan fingerprint density at radius 3 is 2.71 bits per heavy atom. The number of rotatable bonds is 8. The second kappa shape index (κ2) is 8.28. The number of phenols is 1. The summed E-state index contributed by atoms with van der Waals surface area (Å²) in [6.07, 6.45) is 1.73. The lowest BCUT2D eigenvalue weighted by Crippen LogP contribution is -2.09. The summed E-state index contributed by atoms with van der Waals surface area (Å²) in [6, 6.07) is 5.05. The Kier molecular flexibility index (Phi) is 6.70. The van der Waals surface area contributed by atoms with Gasteiger partial charge in [0.15, 0.2) is 5.78 Å². The molecule has 0 heterocycles. The van der Waals surface area contributed by atoms with Crippen LogP contribution in [0.5, 0.6) is 11.5 Å². The first-order valence-electron chi connectivity index (χ1n) is 7.00. The molecule has 5 nitrogen and oxygen atoms in total. The zero-order chi connectivity index (χ0) is 15.8. The number of ketones is 1. The number of aromatic hydroxyl groups is 1. The fourth-order valence-corrected chi connectivity index (χ4v) is 2.00. The average Bonchev–Trinajstić information content (AvgIpc) is 2.40. The van der Waals surface area contributed by atoms with Gasteiger partial charge in [0, 0.05) is 18.9 Å². The smallest absolute Gasteiger partial charge is 0.163 e. The molecule has 0 bridgehead atoms. The molecule has 0 amide bonds. The van der Waals surface area contributed by atoms with E-state index in [9.17, 15) is 15.0 Å². The molecule has 0 aliphatic carbocycles. The number of aliphatic hydroxyl groups excluding tert-OH is 1. The van der Waals surface area contributed by atoms with Gasteiger partial charge in [0.1, 0.15) is 11.5 Å². The van der Waals surface area contributed by atoms with Crippen molar-refractivity contribution in [2.75, 3.05) is 6.61 Å². The number of Topliss-reactive ketones (excluding diaryl/α,β-unsaturated/α-hetero) is 1. The highest BCUT2D eigenvalue weighted by Crippen LogP contribution is 2.30. The van der Waals surface area contributed by atoms with Gasteiger partial charge < -0.3 is 14.9 Å². The molecule has 0 radical (unpaired) electrons. The average molecular weight is 291 g/mol. The molecule has 1 rings (SSSR count). The lowest BCUT2D eigenvalue weighted by Gasteiger charge is -2.15. The summed E-state index contributed by atoms with van der Waals surface area (Å²) in [5.74, 6) is 0.110. The fourth-order valence-electron chi connectivity index (χ4n) is 2.00. The number of unbranched alkanes of at least 4 members (excludes halogenated alkanes) is 2. The van der Waals surface area contributed by atoms with Crippen molar-refractivity contribution in [3.8, 4) is 17.6 Å². The van der Waals surface area contributed by atoms with E-state index < -0.39 is 6.10 Å². The second-order valence-electron chi connectivity index (χ2n) is 5.05. The second-order valence-corrected chi connectivity index (χ2v) is 5.05. The van der Waals surface area contributed by atoms with E-state index in [2.05, 4.69) is 6.07 Å². The Labute approximate surface area is 124 Å². The molecule has 1 unspecified atom stereocenters. The molecular formula is C16H21NO4. The van der Waals surface area contributed by atoms with Crippen molar-refractivity contribution in [2.45, 2.75) is 45.6 Å². The Morgan fingerprint density at radius 1 is 1.43 bits per heavy atom. The molecule has 0 saturated carbocycles. The third-order valence-corrected chi connectivity index (χ3v) is 3.01. The standard InChI is InChI=1S/C16H21NO4/c1-11(18)8-13-9-14(12(2)19)15(20)10-16(13)21-7-5-3-4-6-17/h9-11,18,20H,3-5,7-8H2,1-2H3. The van der Waals surface area contributed by atoms with E-state index in [1.54, 1.807) is 13.0 Å². The van der Waals surface area contributed by atoms with E-state index in [0.717, 1.165) is 12.8 Å². The number of carbonyl (C=O) groups is 1. The van der Waals surface area contributed by atoms with Gasteiger partial charge in [0.25, 0.3) is 0 Å². The quantitative estimate of drug-likeness (QED) is 0.567. The number of phenolic OH excluding ortho intramolecular Hbond substituents is 1. The largest absolute Gasteiger partial charge is 0.507 e. The van der Waals surface area contributed by atoms with E-state index in [4.69, 9.17) is 10.00 Å². The van der Waals surface area contributed by atoms with Crippen molar-refractivity contribution in [1.29, 1.82) is 5.26 Å². The summed E-state index contributed by atoms with van der Waals surface area (Å²) < 4.78 is 5.61. The van der Waals surface area contributed by atoms with Crippen molar-refractivity contribution in [2.24, 2.45) is 0 Å². The lowest BCUT2D eigenvalue weighted by atomic mass is 10.0. The van der Waals surface area contributed by atoms with Crippen molar-refractivity contribution in [1.82, 2.24) is 0 Å². The Balaban J connectivity index is 2.87. The van der Waals surface area contributed by atoms with Gasteiger partial charge in [-0.2, -0.15) is 5.26 Å². The SMILES string of the molecule is CC(=O)c1cc(CC(C)O)c(OCCCCC#N)cc1O. The van der Waals surface area contributed by atoms with Crippen molar-refractivity contribution in [3.63, 3.8) is 0 Å². The van der Waals surface area contributed by atoms with E-state index in [0.29, 0.717) is 30.8 Å². The molecule has 114 valence electrons. The van der Waals surface area contributed by atoms with Gasteiger partial charge in [0.05, 0.1) is 24.3 Å². The van der Waals surface area contributed by atoms with Gasteiger partial charge >= 0.3 is 0 Å². The third kappa shape index (κ3) is 5.44. The monoisotopic (exact) mass is 291 g/mol. The first kappa shape index (κ1) is 17.0. The summed E-state index contributed by atoms with van der Waals surface area (Å²) in [7, 11) is 0. The number of hydrogen-bond donors (Lipinski definition) is 2. The summed E-state index contributed by atoms with van der Waals surface area (Å²) >= 11 is 0. The van der Waals surface area contributed by atoms with Crippen molar-refractivity contribution in [3.05, 3.63) is 23.3 Å². The highest BCUT2D eigenvalue weighted by molar-refractivity contribution is 5.97. The fraction of sp³-hybridized carbons (Fsp3) is 0.500. The third-order valence-electron chi connectivity index (χ3n) is 3.01. The van der Waals surface area contributed by atoms with Gasteiger partial charge in [-0.1, -0.05) is 0 Å². The molecule has 0 aliphatic heterocycles. The van der Waals surface area contributed by atoms with Crippen LogP contribution in [0.15, 0.2) is 12.1 Å². The molecule has 0 aliphatic rings. The predicted molar refractivity (Wildman–Crippen MR) is 78.5 cm³/mol. The molecule has 1 aromatic rings. The van der Waals surface area contributed by atoms with Crippen LogP contribution < -0.4 is 4.74 Å². The minimum Gasteiger partial charge on any atom is -0.507 e. The van der Waals surface area contributed by atoms with Crippen molar-refractivity contribution >= 4 is 5.78 Å². The summed E-state index contributed by atoms with van der Waals surface area (Å²) in [4.78, 5) is 11.5. The molecule has 0 fully saturated rings. The van der Waals surface area contributed by atoms with E-state index in [-0.39, 0.29) is 17.1 Å². The predicted octanol–water partition coefficient (Wildman–Crippen LogP) is 2.59. The number of nitrogens with zero attached hydrogens (tertiary/aromatic N) is 1. The number of nitriles is 1. The van der Waals surface area contributed by atoms with Gasteiger partial charge in [-0.05, 0) is 38.3 Å². The number of carbonyl (C=O) groups excluding carboxylic acids is 1. The minimum atomic E-state index is -0.574. The zero-order valence-corrected chi connectivity index (χ0v) is 12.4. The van der Waals surface area contributed by atoms with Crippen LogP contribution in [-0.2, 0) is 6.42 Å². The van der Waals surface area contributed by atoms with Crippen LogP contribution in [0.3, 0.4) is 0 Å². The molecular weight excluding hydrogens is 270 g/mol. The van der Waals surface area contributed by atoms with Crippen molar-refractivity contribution < 1.29 is 19.7 Å². The Hall–Kier alpha value is -2.06. The van der Waals surface area contributed by atoms with Crippen LogP contribution >= 0.6 is 0 Å². The highest BCUT2D eigenvalue weighted by Gasteiger charge is 2.15. The van der Waals surface area contributed by atoms with Gasteiger partial charge in [-0.15, -0.1) is 0 Å². The minimum absolute atomic E-state index is 0.121. The van der Waals surface area contributed by atoms with Crippen LogP contribution in [0.1, 0.15) is 49.0 Å². The molecule has 5 heteroatoms. The van der Waals surface area contributed by atoms with Gasteiger partial charge in [-0.3, -0.25) is 4.79 Å². The Morgan fingerprint density at radius 2 is 2.14 bits per heavy atom. The number of ether oxygens (including phenoxy) is 1. The van der Waals surface area contributed by atoms with E-state index in [1.165, 1.54) is 13.0 Å². The van der Waals surface area contributed by atoms with Gasteiger partial charge in [0.2, 0.25) is 0 Å². The molecule has 0 spiro atoms. The van der Waals surface area contributed by atoms with Crippen LogP contribution in [0, 0.1) is 11.3 Å². The first-order chi connectivity index (χ1) is 9.95. The molecule has 1 atom stereocenters. The topological polar surface area (TPSA) is 90.5 Å². The van der Waals surface area contributed by atoms with Crippen LogP contribution in [0.25, 0.3) is 0 Å². The highest BCUT2D eigenvalue weighted by atomic mass is 16.5. The number of benzene rings is 1. The molecule has 2 N–H and O–H groups in total. The van der Waals surface area contributed by atoms with Gasteiger partial charge in [-0.25, -0.2) is 0 Å². The molecule has 0 aromatic heterocycles. The maximum atomic E-state index is 11.5. The first-order valence-corrected chi connectivity index (χ1v) is 7.00. The normalized spacial score (nSPS) is 11.7. The van der Waals surface area contributed by atoms with Crippen LogP contribution in [0.4, 0.5) is 0 Å². The number of hydrogen-bond acceptors (Lipinski definition) is 5. The molecule has 21 heavy (non-hydrogen) atoms. The van der Waals surface area contributed by atoms with E-state index in [1.807, 2.05) is 0 Å². The van der Waals surface area contributed by atoms with Crippen LogP contribution in [-0.4, -0.2) is 28.7 Å². The molecule has 0 saturated heterocycles. The number of aliphatic hydroxyl groups is 1. The maximum absolute atomic E-state index is 11.5. The molecule has 1 aromatic carbocycles. The zero-order valence-electron chi connectivity index (χ0n) is 12.4.